The number of fused-ring (bicyclic) bond motifs is 3. The number of hydrogen-bond donors (Lipinski definition) is 1. The second kappa shape index (κ2) is 6.50. The van der Waals surface area contributed by atoms with E-state index in [0.29, 0.717) is 18.8 Å². The Labute approximate surface area is 164 Å². The van der Waals surface area contributed by atoms with Gasteiger partial charge in [-0.05, 0) is 40.8 Å². The van der Waals surface area contributed by atoms with E-state index in [1.165, 1.54) is 5.56 Å². The van der Waals surface area contributed by atoms with Crippen molar-refractivity contribution in [3.63, 3.8) is 0 Å². The fourth-order valence-electron chi connectivity index (χ4n) is 4.63. The molecule has 3 aromatic rings. The zero-order chi connectivity index (χ0) is 19.1. The van der Waals surface area contributed by atoms with Crippen LogP contribution in [0.25, 0.3) is 0 Å². The number of hydrogen-bond acceptors (Lipinski definition) is 3. The molecule has 0 aromatic heterocycles. The number of rotatable bonds is 4. The molecule has 0 saturated carbocycles. The van der Waals surface area contributed by atoms with E-state index in [9.17, 15) is 4.79 Å². The van der Waals surface area contributed by atoms with Crippen LogP contribution in [-0.4, -0.2) is 23.5 Å². The van der Waals surface area contributed by atoms with Crippen LogP contribution in [0.15, 0.2) is 78.9 Å². The monoisotopic (exact) mass is 370 g/mol. The molecule has 0 spiro atoms. The Hall–Kier alpha value is -3.11. The minimum absolute atomic E-state index is 0.0576. The van der Waals surface area contributed by atoms with Gasteiger partial charge in [0.05, 0.1) is 6.61 Å². The molecule has 2 atom stereocenters. The average Bonchev–Trinajstić information content (AvgIpc) is 2.74. The number of carbonyl (C=O) groups excluding carboxylic acids is 1. The minimum Gasteiger partial charge on any atom is -0.399 e. The zero-order valence-electron chi connectivity index (χ0n) is 15.5. The van der Waals surface area contributed by atoms with E-state index in [0.717, 1.165) is 23.1 Å². The van der Waals surface area contributed by atoms with Gasteiger partial charge in [0.15, 0.2) is 6.10 Å². The van der Waals surface area contributed by atoms with E-state index in [-0.39, 0.29) is 5.91 Å². The maximum absolute atomic E-state index is 13.0. The lowest BCUT2D eigenvalue weighted by atomic mass is 9.66. The summed E-state index contributed by atoms with van der Waals surface area (Å²) in [6.45, 7) is 1.11. The molecule has 2 aliphatic heterocycles. The van der Waals surface area contributed by atoms with Gasteiger partial charge in [-0.15, -0.1) is 0 Å². The second-order valence-electron chi connectivity index (χ2n) is 7.46. The fraction of sp³-hybridized carbons (Fsp3) is 0.208. The van der Waals surface area contributed by atoms with Crippen LogP contribution in [0.1, 0.15) is 22.3 Å². The molecule has 1 fully saturated rings. The van der Waals surface area contributed by atoms with E-state index in [1.54, 1.807) is 0 Å². The van der Waals surface area contributed by atoms with Crippen LogP contribution in [-0.2, 0) is 28.1 Å². The SMILES string of the molecule is Nc1ccc(C23c4ccccc4CCN2C(=O)C3OCc2ccccc2)cc1. The Morgan fingerprint density at radius 1 is 0.964 bits per heavy atom. The van der Waals surface area contributed by atoms with Gasteiger partial charge in [0, 0.05) is 12.2 Å². The summed E-state index contributed by atoms with van der Waals surface area (Å²) in [5.41, 5.74) is 10.6. The first-order chi connectivity index (χ1) is 13.7. The van der Waals surface area contributed by atoms with Gasteiger partial charge in [-0.25, -0.2) is 0 Å². The number of ether oxygens (including phenoxy) is 1. The normalized spacial score (nSPS) is 22.9. The number of β-lactam (4-membered cyclic amide) rings is 1. The number of amides is 1. The molecule has 2 N–H and O–H groups in total. The fourth-order valence-corrected chi connectivity index (χ4v) is 4.63. The van der Waals surface area contributed by atoms with Gasteiger partial charge in [-0.1, -0.05) is 66.7 Å². The highest BCUT2D eigenvalue weighted by atomic mass is 16.5. The molecule has 28 heavy (non-hydrogen) atoms. The molecule has 4 nitrogen and oxygen atoms in total. The summed E-state index contributed by atoms with van der Waals surface area (Å²) in [6.07, 6.45) is 0.321. The molecule has 1 saturated heterocycles. The van der Waals surface area contributed by atoms with Crippen molar-refractivity contribution < 1.29 is 9.53 Å². The lowest BCUT2D eigenvalue weighted by Crippen LogP contribution is -2.75. The summed E-state index contributed by atoms with van der Waals surface area (Å²) in [6, 6.07) is 26.2. The summed E-state index contributed by atoms with van der Waals surface area (Å²) in [5, 5.41) is 0. The molecule has 140 valence electrons. The standard InChI is InChI=1S/C24H22N2O2/c25-20-12-10-19(11-13-20)24-21-9-5-4-8-18(21)14-15-26(24)23(27)22(24)28-16-17-6-2-1-3-7-17/h1-13,22H,14-16,25H2. The van der Waals surface area contributed by atoms with Crippen LogP contribution in [0.4, 0.5) is 5.69 Å². The average molecular weight is 370 g/mol. The van der Waals surface area contributed by atoms with Gasteiger partial charge in [0.2, 0.25) is 0 Å². The Kier molecular flexibility index (Phi) is 3.95. The third-order valence-electron chi connectivity index (χ3n) is 5.94. The van der Waals surface area contributed by atoms with Crippen molar-refractivity contribution in [1.29, 1.82) is 0 Å². The topological polar surface area (TPSA) is 55.6 Å². The summed E-state index contributed by atoms with van der Waals surface area (Å²) in [5.74, 6) is 0.0576. The smallest absolute Gasteiger partial charge is 0.256 e. The molecule has 0 aliphatic carbocycles. The number of nitrogens with two attached hydrogens (primary N) is 1. The minimum atomic E-state index is -0.589. The highest BCUT2D eigenvalue weighted by Gasteiger charge is 2.64. The number of carbonyl (C=O) groups is 1. The van der Waals surface area contributed by atoms with Gasteiger partial charge >= 0.3 is 0 Å². The zero-order valence-corrected chi connectivity index (χ0v) is 15.5. The third-order valence-corrected chi connectivity index (χ3v) is 5.94. The Morgan fingerprint density at radius 3 is 2.46 bits per heavy atom. The summed E-state index contributed by atoms with van der Waals surface area (Å²) in [4.78, 5) is 15.0. The van der Waals surface area contributed by atoms with Crippen molar-refractivity contribution in [2.45, 2.75) is 24.7 Å². The Bertz CT molecular complexity index is 1020. The van der Waals surface area contributed by atoms with Gasteiger partial charge in [0.25, 0.3) is 5.91 Å². The molecule has 1 amide bonds. The highest BCUT2D eigenvalue weighted by molar-refractivity contribution is 5.93. The molecule has 2 aliphatic rings. The molecule has 0 radical (unpaired) electrons. The van der Waals surface area contributed by atoms with Gasteiger partial charge < -0.3 is 15.4 Å². The maximum atomic E-state index is 13.0. The molecule has 2 unspecified atom stereocenters. The van der Waals surface area contributed by atoms with Crippen molar-refractivity contribution in [1.82, 2.24) is 4.90 Å². The Balaban J connectivity index is 1.60. The number of benzene rings is 3. The van der Waals surface area contributed by atoms with Gasteiger partial charge in [0.1, 0.15) is 5.54 Å². The molecule has 2 heterocycles. The largest absolute Gasteiger partial charge is 0.399 e. The lowest BCUT2D eigenvalue weighted by Gasteiger charge is -2.60. The van der Waals surface area contributed by atoms with Crippen LogP contribution in [0.5, 0.6) is 0 Å². The first kappa shape index (κ1) is 17.0. The van der Waals surface area contributed by atoms with Crippen molar-refractivity contribution in [3.8, 4) is 0 Å². The molecular formula is C24H22N2O2. The molecular weight excluding hydrogens is 348 g/mol. The second-order valence-corrected chi connectivity index (χ2v) is 7.46. The molecule has 3 aromatic carbocycles. The van der Waals surface area contributed by atoms with Crippen molar-refractivity contribution in [2.75, 3.05) is 12.3 Å². The number of nitrogen functional groups attached to an aromatic ring is 1. The van der Waals surface area contributed by atoms with Gasteiger partial charge in [-0.2, -0.15) is 0 Å². The maximum Gasteiger partial charge on any atom is 0.256 e. The molecule has 0 bridgehead atoms. The van der Waals surface area contributed by atoms with E-state index < -0.39 is 11.6 Å². The predicted octanol–water partition coefficient (Wildman–Crippen LogP) is 3.50. The van der Waals surface area contributed by atoms with Crippen LogP contribution in [0.2, 0.25) is 0 Å². The quantitative estimate of drug-likeness (QED) is 0.565. The van der Waals surface area contributed by atoms with Crippen molar-refractivity contribution in [3.05, 3.63) is 101 Å². The van der Waals surface area contributed by atoms with Crippen LogP contribution in [0, 0.1) is 0 Å². The van der Waals surface area contributed by atoms with Crippen LogP contribution < -0.4 is 5.73 Å². The summed E-state index contributed by atoms with van der Waals surface area (Å²) < 4.78 is 6.27. The lowest BCUT2D eigenvalue weighted by molar-refractivity contribution is -0.194. The van der Waals surface area contributed by atoms with E-state index in [4.69, 9.17) is 10.5 Å². The highest BCUT2D eigenvalue weighted by Crippen LogP contribution is 2.52. The first-order valence-corrected chi connectivity index (χ1v) is 9.62. The van der Waals surface area contributed by atoms with Crippen LogP contribution >= 0.6 is 0 Å². The summed E-state index contributed by atoms with van der Waals surface area (Å²) >= 11 is 0. The predicted molar refractivity (Wildman–Crippen MR) is 109 cm³/mol. The van der Waals surface area contributed by atoms with Crippen LogP contribution in [0.3, 0.4) is 0 Å². The summed E-state index contributed by atoms with van der Waals surface area (Å²) in [7, 11) is 0. The number of anilines is 1. The first-order valence-electron chi connectivity index (χ1n) is 9.62. The van der Waals surface area contributed by atoms with Crippen molar-refractivity contribution in [2.24, 2.45) is 0 Å². The van der Waals surface area contributed by atoms with E-state index >= 15 is 0 Å². The number of nitrogens with zero attached hydrogens (tertiary/aromatic N) is 1. The molecule has 4 heteroatoms. The van der Waals surface area contributed by atoms with E-state index in [2.05, 4.69) is 18.2 Å². The Morgan fingerprint density at radius 2 is 1.68 bits per heavy atom. The van der Waals surface area contributed by atoms with E-state index in [1.807, 2.05) is 65.6 Å². The van der Waals surface area contributed by atoms with Gasteiger partial charge in [-0.3, -0.25) is 4.79 Å². The molecule has 5 rings (SSSR count). The third kappa shape index (κ3) is 2.38. The van der Waals surface area contributed by atoms with Crippen molar-refractivity contribution >= 4 is 11.6 Å².